The summed E-state index contributed by atoms with van der Waals surface area (Å²) in [5.74, 6) is 0.595. The molecule has 1 atom stereocenters. The third kappa shape index (κ3) is 7.22. The molecular weight excluding hydrogens is 192 g/mol. The first-order chi connectivity index (χ1) is 5.66. The summed E-state index contributed by atoms with van der Waals surface area (Å²) in [6.45, 7) is 17.5. The molecule has 1 unspecified atom stereocenters. The first-order valence-corrected chi connectivity index (χ1v) is 11.5. The van der Waals surface area contributed by atoms with Crippen molar-refractivity contribution in [1.82, 2.24) is 0 Å². The zero-order valence-electron chi connectivity index (χ0n) is 9.98. The molecule has 0 aliphatic heterocycles. The van der Waals surface area contributed by atoms with Crippen LogP contribution < -0.4 is 0 Å². The summed E-state index contributed by atoms with van der Waals surface area (Å²) in [6, 6.07) is 1.20. The van der Waals surface area contributed by atoms with Crippen molar-refractivity contribution in [1.29, 1.82) is 0 Å². The summed E-state index contributed by atoms with van der Waals surface area (Å²) in [5, 5.41) is 0. The van der Waals surface area contributed by atoms with E-state index in [0.717, 1.165) is 0 Å². The molecule has 3 heteroatoms. The van der Waals surface area contributed by atoms with Crippen LogP contribution in [-0.2, 0) is 4.12 Å². The van der Waals surface area contributed by atoms with Gasteiger partial charge in [0, 0.05) is 0 Å². The average Bonchev–Trinajstić information content (AvgIpc) is 1.80. The molecule has 0 heterocycles. The van der Waals surface area contributed by atoms with E-state index in [1.165, 1.54) is 6.04 Å². The normalized spacial score (nSPS) is 15.5. The first-order valence-electron chi connectivity index (χ1n) is 4.99. The Bertz CT molecular complexity index is 170. The maximum Gasteiger partial charge on any atom is 0.174 e. The lowest BCUT2D eigenvalue weighted by atomic mass is 10.2. The summed E-state index contributed by atoms with van der Waals surface area (Å²) < 4.78 is 6.23. The van der Waals surface area contributed by atoms with Crippen molar-refractivity contribution >= 4 is 16.6 Å². The van der Waals surface area contributed by atoms with Gasteiger partial charge in [-0.1, -0.05) is 13.0 Å². The Balaban J connectivity index is 4.15. The second kappa shape index (κ2) is 4.57. The molecule has 0 fully saturated rings. The Labute approximate surface area is 85.5 Å². The number of hydrogen-bond acceptors (Lipinski definition) is 1. The Kier molecular flexibility index (Phi) is 4.62. The molecule has 0 spiro atoms. The molecule has 0 N–H and O–H groups in total. The highest BCUT2D eigenvalue weighted by molar-refractivity contribution is 6.84. The zero-order valence-corrected chi connectivity index (χ0v) is 12.0. The highest BCUT2D eigenvalue weighted by atomic mass is 28.4. The van der Waals surface area contributed by atoms with E-state index in [4.69, 9.17) is 4.12 Å². The molecule has 0 aliphatic rings. The van der Waals surface area contributed by atoms with Crippen LogP contribution in [0.1, 0.15) is 6.92 Å². The lowest BCUT2D eigenvalue weighted by Gasteiger charge is -2.32. The zero-order chi connectivity index (χ0) is 10.7. The van der Waals surface area contributed by atoms with Gasteiger partial charge >= 0.3 is 0 Å². The van der Waals surface area contributed by atoms with Crippen LogP contribution in [0.3, 0.4) is 0 Å². The van der Waals surface area contributed by atoms with Crippen LogP contribution in [0.25, 0.3) is 0 Å². The van der Waals surface area contributed by atoms with E-state index < -0.39 is 16.6 Å². The molecule has 0 radical (unpaired) electrons. The summed E-state index contributed by atoms with van der Waals surface area (Å²) in [6.07, 6.45) is 2.03. The van der Waals surface area contributed by atoms with Crippen molar-refractivity contribution in [3.8, 4) is 0 Å². The van der Waals surface area contributed by atoms with Crippen molar-refractivity contribution in [2.75, 3.05) is 0 Å². The summed E-state index contributed by atoms with van der Waals surface area (Å²) in [5.41, 5.74) is 0. The minimum Gasteiger partial charge on any atom is -0.456 e. The van der Waals surface area contributed by atoms with Gasteiger partial charge in [-0.2, -0.15) is 0 Å². The van der Waals surface area contributed by atoms with E-state index in [1.807, 2.05) is 6.08 Å². The molecule has 0 aromatic rings. The largest absolute Gasteiger partial charge is 0.456 e. The van der Waals surface area contributed by atoms with Crippen LogP contribution >= 0.6 is 0 Å². The molecule has 0 aliphatic carbocycles. The van der Waals surface area contributed by atoms with Crippen molar-refractivity contribution in [3.63, 3.8) is 0 Å². The van der Waals surface area contributed by atoms with Crippen LogP contribution in [0.15, 0.2) is 12.7 Å². The fourth-order valence-corrected chi connectivity index (χ4v) is 10.4. The summed E-state index contributed by atoms with van der Waals surface area (Å²) in [4.78, 5) is 0. The first kappa shape index (κ1) is 13.1. The minimum absolute atomic E-state index is 0.595. The van der Waals surface area contributed by atoms with Gasteiger partial charge in [0.25, 0.3) is 0 Å². The van der Waals surface area contributed by atoms with Crippen LogP contribution in [0.5, 0.6) is 0 Å². The minimum atomic E-state index is -1.43. The van der Waals surface area contributed by atoms with Gasteiger partial charge in [0.1, 0.15) is 0 Å². The Hall–Kier alpha value is 0.134. The van der Waals surface area contributed by atoms with Crippen molar-refractivity contribution in [2.24, 2.45) is 5.92 Å². The number of allylic oxidation sites excluding steroid dienone is 1. The monoisotopic (exact) mass is 216 g/mol. The quantitative estimate of drug-likeness (QED) is 0.501. The predicted molar refractivity (Wildman–Crippen MR) is 66.1 cm³/mol. The lowest BCUT2D eigenvalue weighted by molar-refractivity contribution is 0.536. The molecule has 0 rings (SSSR count). The Morgan fingerprint density at radius 3 is 2.00 bits per heavy atom. The van der Waals surface area contributed by atoms with E-state index in [1.54, 1.807) is 0 Å². The van der Waals surface area contributed by atoms with Crippen molar-refractivity contribution in [2.45, 2.75) is 45.7 Å². The smallest absolute Gasteiger partial charge is 0.174 e. The van der Waals surface area contributed by atoms with E-state index in [2.05, 4.69) is 46.2 Å². The maximum absolute atomic E-state index is 6.23. The molecule has 78 valence electrons. The topological polar surface area (TPSA) is 9.23 Å². The summed E-state index contributed by atoms with van der Waals surface area (Å²) >= 11 is 0. The molecule has 0 saturated carbocycles. The van der Waals surface area contributed by atoms with E-state index >= 15 is 0 Å². The lowest BCUT2D eigenvalue weighted by Crippen LogP contribution is -2.42. The van der Waals surface area contributed by atoms with E-state index in [0.29, 0.717) is 5.92 Å². The van der Waals surface area contributed by atoms with Crippen LogP contribution in [0.2, 0.25) is 38.8 Å². The molecule has 1 nitrogen and oxygen atoms in total. The van der Waals surface area contributed by atoms with Gasteiger partial charge in [0.15, 0.2) is 16.6 Å². The molecule has 13 heavy (non-hydrogen) atoms. The van der Waals surface area contributed by atoms with Gasteiger partial charge in [-0.25, -0.2) is 0 Å². The fourth-order valence-electron chi connectivity index (χ4n) is 1.73. The third-order valence-corrected chi connectivity index (χ3v) is 8.09. The number of rotatable bonds is 5. The number of hydrogen-bond donors (Lipinski definition) is 0. The highest BCUT2D eigenvalue weighted by Crippen LogP contribution is 2.22. The van der Waals surface area contributed by atoms with Gasteiger partial charge in [-0.05, 0) is 44.7 Å². The molecular formula is C10H24OSi2. The standard InChI is InChI=1S/C10H24OSi2/c1-8-10(2)9-13(6,7)11-12(3,4)5/h8,10H,1,9H2,2-7H3. The van der Waals surface area contributed by atoms with Crippen LogP contribution in [0.4, 0.5) is 0 Å². The maximum atomic E-state index is 6.23. The van der Waals surface area contributed by atoms with Gasteiger partial charge in [0.2, 0.25) is 0 Å². The summed E-state index contributed by atoms with van der Waals surface area (Å²) in [7, 11) is -2.78. The Morgan fingerprint density at radius 2 is 1.69 bits per heavy atom. The second-order valence-electron chi connectivity index (χ2n) is 5.39. The second-order valence-corrected chi connectivity index (χ2v) is 14.4. The molecule has 0 bridgehead atoms. The van der Waals surface area contributed by atoms with Crippen LogP contribution in [-0.4, -0.2) is 16.6 Å². The average molecular weight is 216 g/mol. The van der Waals surface area contributed by atoms with Crippen LogP contribution in [0, 0.1) is 5.92 Å². The predicted octanol–water partition coefficient (Wildman–Crippen LogP) is 3.87. The van der Waals surface area contributed by atoms with E-state index in [9.17, 15) is 0 Å². The molecule has 0 saturated heterocycles. The van der Waals surface area contributed by atoms with Gasteiger partial charge < -0.3 is 4.12 Å². The SMILES string of the molecule is C=CC(C)C[Si](C)(C)O[Si](C)(C)C. The molecule has 0 amide bonds. The van der Waals surface area contributed by atoms with Gasteiger partial charge in [-0.15, -0.1) is 6.58 Å². The van der Waals surface area contributed by atoms with Crippen molar-refractivity contribution in [3.05, 3.63) is 12.7 Å². The highest BCUT2D eigenvalue weighted by Gasteiger charge is 2.30. The molecule has 0 aromatic heterocycles. The Morgan fingerprint density at radius 1 is 1.23 bits per heavy atom. The van der Waals surface area contributed by atoms with Gasteiger partial charge in [-0.3, -0.25) is 0 Å². The van der Waals surface area contributed by atoms with Crippen molar-refractivity contribution < 1.29 is 4.12 Å². The molecule has 0 aromatic carbocycles. The third-order valence-electron chi connectivity index (χ3n) is 1.80. The van der Waals surface area contributed by atoms with E-state index in [-0.39, 0.29) is 0 Å². The fraction of sp³-hybridized carbons (Fsp3) is 0.800. The van der Waals surface area contributed by atoms with Gasteiger partial charge in [0.05, 0.1) is 0 Å².